The summed E-state index contributed by atoms with van der Waals surface area (Å²) in [6.45, 7) is 0.370. The molecular formula is C19H20FN3O2. The van der Waals surface area contributed by atoms with Crippen LogP contribution in [0.2, 0.25) is 0 Å². The van der Waals surface area contributed by atoms with Gasteiger partial charge in [-0.05, 0) is 35.7 Å². The summed E-state index contributed by atoms with van der Waals surface area (Å²) in [7, 11) is 3.45. The lowest BCUT2D eigenvalue weighted by molar-refractivity contribution is -0.121. The average molecular weight is 341 g/mol. The molecule has 6 heteroatoms. The molecule has 0 atom stereocenters. The van der Waals surface area contributed by atoms with Gasteiger partial charge in [0.1, 0.15) is 5.82 Å². The molecular weight excluding hydrogens is 321 g/mol. The molecule has 0 saturated carbocycles. The van der Waals surface area contributed by atoms with Crippen LogP contribution in [-0.2, 0) is 31.9 Å². The van der Waals surface area contributed by atoms with E-state index in [4.69, 9.17) is 0 Å². The third-order valence-corrected chi connectivity index (χ3v) is 4.41. The van der Waals surface area contributed by atoms with E-state index >= 15 is 0 Å². The Balaban J connectivity index is 1.62. The van der Waals surface area contributed by atoms with Gasteiger partial charge in [0.05, 0.1) is 11.0 Å². The van der Waals surface area contributed by atoms with E-state index in [9.17, 15) is 14.0 Å². The van der Waals surface area contributed by atoms with Crippen molar-refractivity contribution in [3.63, 3.8) is 0 Å². The lowest BCUT2D eigenvalue weighted by Crippen LogP contribution is -2.23. The van der Waals surface area contributed by atoms with E-state index in [0.717, 1.165) is 16.6 Å². The second-order valence-electron chi connectivity index (χ2n) is 6.09. The first-order valence-corrected chi connectivity index (χ1v) is 8.12. The van der Waals surface area contributed by atoms with Crippen LogP contribution in [0.1, 0.15) is 17.5 Å². The number of fused-ring (bicyclic) bond motifs is 1. The highest BCUT2D eigenvalue weighted by Gasteiger charge is 2.09. The van der Waals surface area contributed by atoms with Crippen molar-refractivity contribution in [2.75, 3.05) is 0 Å². The number of hydrogen-bond acceptors (Lipinski definition) is 2. The van der Waals surface area contributed by atoms with Crippen LogP contribution in [0.5, 0.6) is 0 Å². The summed E-state index contributed by atoms with van der Waals surface area (Å²) in [5.41, 5.74) is 3.04. The molecule has 5 nitrogen and oxygen atoms in total. The number of carbonyl (C=O) groups is 1. The highest BCUT2D eigenvalue weighted by atomic mass is 19.1. The standard InChI is InChI=1S/C19H20FN3O2/c1-22-16-9-7-13(11-17(16)23(2)19(22)25)12-21-18(24)10-8-14-5-3-4-6-15(14)20/h3-7,9,11H,8,10,12H2,1-2H3,(H,21,24). The minimum Gasteiger partial charge on any atom is -0.352 e. The van der Waals surface area contributed by atoms with Gasteiger partial charge in [-0.2, -0.15) is 0 Å². The summed E-state index contributed by atoms with van der Waals surface area (Å²) in [4.78, 5) is 23.9. The van der Waals surface area contributed by atoms with Crippen LogP contribution in [0, 0.1) is 5.82 Å². The number of nitrogens with one attached hydrogen (secondary N) is 1. The zero-order valence-corrected chi connectivity index (χ0v) is 14.3. The Morgan fingerprint density at radius 2 is 1.80 bits per heavy atom. The molecule has 130 valence electrons. The topological polar surface area (TPSA) is 56.0 Å². The van der Waals surface area contributed by atoms with Gasteiger partial charge in [0, 0.05) is 27.1 Å². The Morgan fingerprint density at radius 3 is 2.56 bits per heavy atom. The number of imidazole rings is 1. The van der Waals surface area contributed by atoms with Crippen LogP contribution >= 0.6 is 0 Å². The second kappa shape index (κ2) is 6.93. The van der Waals surface area contributed by atoms with E-state index in [0.29, 0.717) is 18.5 Å². The van der Waals surface area contributed by atoms with Gasteiger partial charge in [-0.1, -0.05) is 24.3 Å². The van der Waals surface area contributed by atoms with Crippen molar-refractivity contribution >= 4 is 16.9 Å². The van der Waals surface area contributed by atoms with E-state index in [1.807, 2.05) is 18.2 Å². The van der Waals surface area contributed by atoms with Crippen LogP contribution < -0.4 is 11.0 Å². The summed E-state index contributed by atoms with van der Waals surface area (Å²) in [5.74, 6) is -0.420. The fourth-order valence-electron chi connectivity index (χ4n) is 2.90. The number of benzene rings is 2. The van der Waals surface area contributed by atoms with Crippen LogP contribution in [0.4, 0.5) is 4.39 Å². The van der Waals surface area contributed by atoms with Gasteiger partial charge in [0.2, 0.25) is 5.91 Å². The fourth-order valence-corrected chi connectivity index (χ4v) is 2.90. The minimum absolute atomic E-state index is 0.0823. The Bertz CT molecular complexity index is 988. The van der Waals surface area contributed by atoms with Crippen molar-refractivity contribution in [2.45, 2.75) is 19.4 Å². The van der Waals surface area contributed by atoms with E-state index in [1.165, 1.54) is 6.07 Å². The number of carbonyl (C=O) groups excluding carboxylic acids is 1. The van der Waals surface area contributed by atoms with Gasteiger partial charge in [-0.3, -0.25) is 13.9 Å². The molecule has 0 bridgehead atoms. The van der Waals surface area contributed by atoms with E-state index in [1.54, 1.807) is 41.4 Å². The lowest BCUT2D eigenvalue weighted by Gasteiger charge is -2.07. The average Bonchev–Trinajstić information content (AvgIpc) is 2.83. The van der Waals surface area contributed by atoms with Gasteiger partial charge >= 0.3 is 5.69 Å². The predicted molar refractivity (Wildman–Crippen MR) is 94.7 cm³/mol. The maximum absolute atomic E-state index is 13.6. The van der Waals surface area contributed by atoms with Gasteiger partial charge in [-0.25, -0.2) is 9.18 Å². The molecule has 3 rings (SSSR count). The van der Waals surface area contributed by atoms with Crippen LogP contribution in [0.3, 0.4) is 0 Å². The number of halogens is 1. The number of amides is 1. The molecule has 25 heavy (non-hydrogen) atoms. The molecule has 1 N–H and O–H groups in total. The van der Waals surface area contributed by atoms with Crippen LogP contribution in [0.25, 0.3) is 11.0 Å². The van der Waals surface area contributed by atoms with Gasteiger partial charge in [0.25, 0.3) is 0 Å². The molecule has 0 aliphatic rings. The summed E-state index contributed by atoms with van der Waals surface area (Å²) >= 11 is 0. The summed E-state index contributed by atoms with van der Waals surface area (Å²) in [6.07, 6.45) is 0.595. The van der Waals surface area contributed by atoms with Gasteiger partial charge in [-0.15, -0.1) is 0 Å². The number of nitrogens with zero attached hydrogens (tertiary/aromatic N) is 2. The van der Waals surface area contributed by atoms with E-state index in [2.05, 4.69) is 5.32 Å². The molecule has 0 unspecified atom stereocenters. The highest BCUT2D eigenvalue weighted by Crippen LogP contribution is 2.14. The smallest absolute Gasteiger partial charge is 0.328 e. The van der Waals surface area contributed by atoms with Gasteiger partial charge < -0.3 is 5.32 Å². The normalized spacial score (nSPS) is 11.0. The SMILES string of the molecule is Cn1c(=O)n(C)c2cc(CNC(=O)CCc3ccccc3F)ccc21. The number of aryl methyl sites for hydroxylation is 3. The lowest BCUT2D eigenvalue weighted by atomic mass is 10.1. The van der Waals surface area contributed by atoms with Crippen molar-refractivity contribution < 1.29 is 9.18 Å². The number of rotatable bonds is 5. The maximum Gasteiger partial charge on any atom is 0.328 e. The molecule has 0 saturated heterocycles. The molecule has 2 aromatic carbocycles. The largest absolute Gasteiger partial charge is 0.352 e. The molecule has 0 aliphatic carbocycles. The van der Waals surface area contributed by atoms with Crippen LogP contribution in [0.15, 0.2) is 47.3 Å². The molecule has 1 heterocycles. The molecule has 0 spiro atoms. The third-order valence-electron chi connectivity index (χ3n) is 4.41. The van der Waals surface area contributed by atoms with Crippen molar-refractivity contribution in [2.24, 2.45) is 14.1 Å². The van der Waals surface area contributed by atoms with Crippen molar-refractivity contribution in [3.8, 4) is 0 Å². The van der Waals surface area contributed by atoms with Crippen molar-refractivity contribution in [3.05, 3.63) is 69.9 Å². The maximum atomic E-state index is 13.6. The molecule has 0 fully saturated rings. The molecule has 0 radical (unpaired) electrons. The van der Waals surface area contributed by atoms with Crippen molar-refractivity contribution in [1.82, 2.24) is 14.5 Å². The van der Waals surface area contributed by atoms with E-state index in [-0.39, 0.29) is 23.8 Å². The van der Waals surface area contributed by atoms with Crippen LogP contribution in [-0.4, -0.2) is 15.0 Å². The molecule has 0 aliphatic heterocycles. The zero-order chi connectivity index (χ0) is 18.0. The van der Waals surface area contributed by atoms with Crippen molar-refractivity contribution in [1.29, 1.82) is 0 Å². The summed E-state index contributed by atoms with van der Waals surface area (Å²) < 4.78 is 16.7. The van der Waals surface area contributed by atoms with Gasteiger partial charge in [0.15, 0.2) is 0 Å². The molecule has 3 aromatic rings. The summed E-state index contributed by atoms with van der Waals surface area (Å²) in [5, 5.41) is 2.84. The monoisotopic (exact) mass is 341 g/mol. The Labute approximate surface area is 144 Å². The summed E-state index contributed by atoms with van der Waals surface area (Å²) in [6, 6.07) is 12.1. The fraction of sp³-hybridized carbons (Fsp3) is 0.263. The number of hydrogen-bond donors (Lipinski definition) is 1. The zero-order valence-electron chi connectivity index (χ0n) is 14.3. The minimum atomic E-state index is -0.286. The molecule has 1 amide bonds. The second-order valence-corrected chi connectivity index (χ2v) is 6.09. The highest BCUT2D eigenvalue weighted by molar-refractivity contribution is 5.78. The Kier molecular flexibility index (Phi) is 4.70. The third kappa shape index (κ3) is 3.47. The first-order valence-electron chi connectivity index (χ1n) is 8.12. The first kappa shape index (κ1) is 17.0. The van der Waals surface area contributed by atoms with E-state index < -0.39 is 0 Å². The molecule has 1 aromatic heterocycles. The Morgan fingerprint density at radius 1 is 1.08 bits per heavy atom. The predicted octanol–water partition coefficient (Wildman–Crippen LogP) is 2.27. The Hall–Kier alpha value is -2.89. The number of aromatic nitrogens is 2. The first-order chi connectivity index (χ1) is 12.0. The quantitative estimate of drug-likeness (QED) is 0.774.